The van der Waals surface area contributed by atoms with E-state index >= 15 is 0 Å². The predicted molar refractivity (Wildman–Crippen MR) is 92.1 cm³/mol. The highest BCUT2D eigenvalue weighted by molar-refractivity contribution is 5.94. The molecule has 0 fully saturated rings. The number of benzene rings is 1. The van der Waals surface area contributed by atoms with Crippen molar-refractivity contribution in [3.63, 3.8) is 0 Å². The van der Waals surface area contributed by atoms with Crippen molar-refractivity contribution in [2.45, 2.75) is 38.9 Å². The van der Waals surface area contributed by atoms with Crippen molar-refractivity contribution >= 4 is 5.91 Å². The van der Waals surface area contributed by atoms with E-state index < -0.39 is 0 Å². The molecule has 3 heterocycles. The predicted octanol–water partition coefficient (Wildman–Crippen LogP) is 1.58. The highest BCUT2D eigenvalue weighted by Gasteiger charge is 2.23. The Morgan fingerprint density at radius 2 is 2.28 bits per heavy atom. The van der Waals surface area contributed by atoms with Gasteiger partial charge in [0.25, 0.3) is 5.91 Å². The molecule has 4 rings (SSSR count). The monoisotopic (exact) mass is 336 g/mol. The highest BCUT2D eigenvalue weighted by atomic mass is 16.1. The summed E-state index contributed by atoms with van der Waals surface area (Å²) in [6.07, 6.45) is 7.16. The normalized spacial score (nSPS) is 16.4. The Morgan fingerprint density at radius 1 is 1.36 bits per heavy atom. The first-order valence-corrected chi connectivity index (χ1v) is 8.43. The quantitative estimate of drug-likeness (QED) is 0.785. The van der Waals surface area contributed by atoms with E-state index in [9.17, 15) is 4.79 Å². The van der Waals surface area contributed by atoms with Crippen molar-refractivity contribution in [3.05, 3.63) is 65.8 Å². The molecule has 2 aromatic heterocycles. The fraction of sp³-hybridized carbons (Fsp3) is 0.333. The van der Waals surface area contributed by atoms with Gasteiger partial charge in [-0.15, -0.1) is 10.2 Å². The van der Waals surface area contributed by atoms with Crippen LogP contribution in [0.2, 0.25) is 0 Å². The molecule has 1 unspecified atom stereocenters. The van der Waals surface area contributed by atoms with Crippen molar-refractivity contribution in [3.8, 4) is 0 Å². The molecule has 0 spiro atoms. The Kier molecular flexibility index (Phi) is 4.05. The van der Waals surface area contributed by atoms with Crippen LogP contribution >= 0.6 is 0 Å². The molecule has 0 radical (unpaired) electrons. The van der Waals surface area contributed by atoms with Crippen LogP contribution in [0.4, 0.5) is 0 Å². The van der Waals surface area contributed by atoms with Crippen LogP contribution in [0.25, 0.3) is 0 Å². The molecule has 1 aliphatic rings. The molecule has 0 bridgehead atoms. The first-order valence-electron chi connectivity index (χ1n) is 8.43. The Morgan fingerprint density at radius 3 is 3.12 bits per heavy atom. The number of fused-ring (bicyclic) bond motifs is 1. The van der Waals surface area contributed by atoms with Crippen LogP contribution in [0.5, 0.6) is 0 Å². The molecule has 0 saturated heterocycles. The van der Waals surface area contributed by atoms with E-state index in [0.29, 0.717) is 12.1 Å². The molecule has 1 N–H and O–H groups in total. The molecule has 7 nitrogen and oxygen atoms in total. The van der Waals surface area contributed by atoms with E-state index in [4.69, 9.17) is 0 Å². The van der Waals surface area contributed by atoms with Gasteiger partial charge in [-0.2, -0.15) is 0 Å². The van der Waals surface area contributed by atoms with Gasteiger partial charge in [0.05, 0.1) is 6.33 Å². The summed E-state index contributed by atoms with van der Waals surface area (Å²) in [5.74, 6) is 1.87. The summed E-state index contributed by atoms with van der Waals surface area (Å²) in [6, 6.07) is 7.83. The second-order valence-electron chi connectivity index (χ2n) is 6.42. The van der Waals surface area contributed by atoms with Crippen LogP contribution in [-0.2, 0) is 19.5 Å². The van der Waals surface area contributed by atoms with Crippen LogP contribution in [0.3, 0.4) is 0 Å². The standard InChI is InChI=1S/C18H20N6O/c1-13-21-22-17-6-5-16(11-24(13)17)20-18(25)15-4-2-3-14(9-15)10-23-8-7-19-12-23/h2-4,7-9,12,16H,5-6,10-11H2,1H3,(H,20,25). The lowest BCUT2D eigenvalue weighted by molar-refractivity contribution is 0.0927. The van der Waals surface area contributed by atoms with Gasteiger partial charge in [-0.3, -0.25) is 4.79 Å². The van der Waals surface area contributed by atoms with E-state index in [1.54, 1.807) is 12.5 Å². The molecule has 0 aliphatic carbocycles. The number of hydrogen-bond acceptors (Lipinski definition) is 4. The number of aryl methyl sites for hydroxylation is 2. The zero-order valence-electron chi connectivity index (χ0n) is 14.1. The smallest absolute Gasteiger partial charge is 0.251 e. The molecule has 7 heteroatoms. The number of hydrogen-bond donors (Lipinski definition) is 1. The Balaban J connectivity index is 1.44. The zero-order valence-corrected chi connectivity index (χ0v) is 14.1. The summed E-state index contributed by atoms with van der Waals surface area (Å²) in [4.78, 5) is 16.7. The van der Waals surface area contributed by atoms with Crippen LogP contribution in [-0.4, -0.2) is 36.3 Å². The summed E-state index contributed by atoms with van der Waals surface area (Å²) in [5.41, 5.74) is 1.76. The van der Waals surface area contributed by atoms with Crippen molar-refractivity contribution < 1.29 is 4.79 Å². The Bertz CT molecular complexity index is 883. The number of carbonyl (C=O) groups excluding carboxylic acids is 1. The molecule has 1 atom stereocenters. The van der Waals surface area contributed by atoms with E-state index in [0.717, 1.165) is 36.6 Å². The average Bonchev–Trinajstić information content (AvgIpc) is 3.25. The fourth-order valence-corrected chi connectivity index (χ4v) is 3.25. The number of nitrogens with one attached hydrogen (secondary N) is 1. The molecule has 128 valence electrons. The largest absolute Gasteiger partial charge is 0.347 e. The maximum Gasteiger partial charge on any atom is 0.251 e. The van der Waals surface area contributed by atoms with E-state index in [2.05, 4.69) is 25.1 Å². The number of aromatic nitrogens is 5. The lowest BCUT2D eigenvalue weighted by atomic mass is 10.1. The van der Waals surface area contributed by atoms with Gasteiger partial charge in [-0.05, 0) is 31.0 Å². The van der Waals surface area contributed by atoms with E-state index in [1.807, 2.05) is 42.0 Å². The summed E-state index contributed by atoms with van der Waals surface area (Å²) < 4.78 is 4.07. The fourth-order valence-electron chi connectivity index (χ4n) is 3.25. The van der Waals surface area contributed by atoms with Crippen LogP contribution < -0.4 is 5.32 Å². The van der Waals surface area contributed by atoms with E-state index in [1.165, 1.54) is 0 Å². The van der Waals surface area contributed by atoms with Crippen molar-refractivity contribution in [1.82, 2.24) is 29.6 Å². The molecule has 25 heavy (non-hydrogen) atoms. The van der Waals surface area contributed by atoms with Gasteiger partial charge in [0, 0.05) is 43.5 Å². The molecule has 1 aliphatic heterocycles. The van der Waals surface area contributed by atoms with Crippen LogP contribution in [0.1, 0.15) is 34.0 Å². The number of carbonyl (C=O) groups is 1. The van der Waals surface area contributed by atoms with Gasteiger partial charge in [-0.25, -0.2) is 4.98 Å². The maximum absolute atomic E-state index is 12.6. The SMILES string of the molecule is Cc1nnc2n1CC(NC(=O)c1cccc(Cn3ccnc3)c1)CC2. The third-order valence-electron chi connectivity index (χ3n) is 4.58. The number of amides is 1. The minimum Gasteiger partial charge on any atom is -0.347 e. The van der Waals surface area contributed by atoms with E-state index in [-0.39, 0.29) is 11.9 Å². The second-order valence-corrected chi connectivity index (χ2v) is 6.42. The molecule has 3 aromatic rings. The van der Waals surface area contributed by atoms with Gasteiger partial charge < -0.3 is 14.5 Å². The van der Waals surface area contributed by atoms with Crippen molar-refractivity contribution in [2.75, 3.05) is 0 Å². The van der Waals surface area contributed by atoms with Crippen LogP contribution in [0.15, 0.2) is 43.0 Å². The van der Waals surface area contributed by atoms with Gasteiger partial charge in [0.2, 0.25) is 0 Å². The Labute approximate surface area is 145 Å². The number of imidazole rings is 1. The molecular weight excluding hydrogens is 316 g/mol. The second kappa shape index (κ2) is 6.51. The van der Waals surface area contributed by atoms with Crippen molar-refractivity contribution in [2.24, 2.45) is 0 Å². The zero-order chi connectivity index (χ0) is 17.2. The third-order valence-corrected chi connectivity index (χ3v) is 4.58. The van der Waals surface area contributed by atoms with Crippen molar-refractivity contribution in [1.29, 1.82) is 0 Å². The lowest BCUT2D eigenvalue weighted by Crippen LogP contribution is -2.41. The average molecular weight is 336 g/mol. The number of nitrogens with zero attached hydrogens (tertiary/aromatic N) is 5. The molecule has 1 aromatic carbocycles. The summed E-state index contributed by atoms with van der Waals surface area (Å²) >= 11 is 0. The minimum atomic E-state index is -0.0355. The molecule has 1 amide bonds. The number of rotatable bonds is 4. The molecular formula is C18H20N6O. The maximum atomic E-state index is 12.6. The van der Waals surface area contributed by atoms with Gasteiger partial charge in [0.1, 0.15) is 11.6 Å². The lowest BCUT2D eigenvalue weighted by Gasteiger charge is -2.25. The Hall–Kier alpha value is -2.96. The first kappa shape index (κ1) is 15.6. The van der Waals surface area contributed by atoms with Crippen LogP contribution in [0, 0.1) is 6.92 Å². The third kappa shape index (κ3) is 3.31. The summed E-state index contributed by atoms with van der Waals surface area (Å²) in [6.45, 7) is 3.38. The highest BCUT2D eigenvalue weighted by Crippen LogP contribution is 2.15. The molecule has 0 saturated carbocycles. The minimum absolute atomic E-state index is 0.0355. The van der Waals surface area contributed by atoms with Gasteiger partial charge in [0.15, 0.2) is 0 Å². The first-order chi connectivity index (χ1) is 12.2. The summed E-state index contributed by atoms with van der Waals surface area (Å²) in [5, 5.41) is 11.4. The summed E-state index contributed by atoms with van der Waals surface area (Å²) in [7, 11) is 0. The van der Waals surface area contributed by atoms with Gasteiger partial charge >= 0.3 is 0 Å². The topological polar surface area (TPSA) is 77.6 Å². The van der Waals surface area contributed by atoms with Gasteiger partial charge in [-0.1, -0.05) is 12.1 Å².